The summed E-state index contributed by atoms with van der Waals surface area (Å²) in [6.07, 6.45) is 9.67. The van der Waals surface area contributed by atoms with Gasteiger partial charge in [-0.3, -0.25) is 24.0 Å². The van der Waals surface area contributed by atoms with Gasteiger partial charge in [-0.1, -0.05) is 37.3 Å². The molecule has 6 aliphatic rings. The monoisotopic (exact) mass is 764 g/mol. The largest absolute Gasteiger partial charge is 0.511 e. The zero-order valence-corrected chi connectivity index (χ0v) is 32.7. The summed E-state index contributed by atoms with van der Waals surface area (Å²) >= 11 is 0. The van der Waals surface area contributed by atoms with Gasteiger partial charge in [0.25, 0.3) is 0 Å². The maximum absolute atomic E-state index is 14.0. The van der Waals surface area contributed by atoms with E-state index in [2.05, 4.69) is 0 Å². The summed E-state index contributed by atoms with van der Waals surface area (Å²) in [5.74, 6) is -14.9. The van der Waals surface area contributed by atoms with E-state index in [-0.39, 0.29) is 30.4 Å². The fourth-order valence-electron chi connectivity index (χ4n) is 10.3. The smallest absolute Gasteiger partial charge is 0.216 e. The van der Waals surface area contributed by atoms with Gasteiger partial charge in [-0.15, -0.1) is 0 Å². The Morgan fingerprint density at radius 3 is 1.93 bits per heavy atom. The summed E-state index contributed by atoms with van der Waals surface area (Å²) in [6.45, 7) is 12.4. The molecule has 0 aromatic carbocycles. The van der Waals surface area contributed by atoms with Gasteiger partial charge in [-0.25, -0.2) is 0 Å². The molecule has 2 fully saturated rings. The Bertz CT molecular complexity index is 2000. The summed E-state index contributed by atoms with van der Waals surface area (Å²) < 4.78 is 5.99. The highest BCUT2D eigenvalue weighted by molar-refractivity contribution is 6.24. The minimum atomic E-state index is -3.10. The van der Waals surface area contributed by atoms with Crippen molar-refractivity contribution in [2.75, 3.05) is 0 Å². The van der Waals surface area contributed by atoms with Crippen molar-refractivity contribution in [2.45, 2.75) is 111 Å². The lowest BCUT2D eigenvalue weighted by Crippen LogP contribution is -2.69. The molecule has 0 radical (unpaired) electrons. The summed E-state index contributed by atoms with van der Waals surface area (Å²) in [6, 6.07) is 0. The Morgan fingerprint density at radius 1 is 0.836 bits per heavy atom. The molecule has 13 heteroatoms. The van der Waals surface area contributed by atoms with Crippen LogP contribution in [0, 0.1) is 34.5 Å². The fraction of sp³-hybridized carbons (Fsp3) is 0.548. The molecule has 6 rings (SSSR count). The van der Waals surface area contributed by atoms with Gasteiger partial charge in [0, 0.05) is 47.3 Å². The topological polar surface area (TPSA) is 236 Å². The number of ether oxygens (including phenoxy) is 1. The second-order valence-corrected chi connectivity index (χ2v) is 16.4. The average molecular weight is 765 g/mol. The highest BCUT2D eigenvalue weighted by Crippen LogP contribution is 2.68. The molecule has 0 amide bonds. The van der Waals surface area contributed by atoms with Crippen molar-refractivity contribution in [2.24, 2.45) is 34.5 Å². The van der Waals surface area contributed by atoms with E-state index in [4.69, 9.17) is 4.74 Å². The second-order valence-electron chi connectivity index (χ2n) is 16.4. The van der Waals surface area contributed by atoms with E-state index in [1.54, 1.807) is 45.1 Å². The first kappa shape index (κ1) is 41.7. The molecular weight excluding hydrogens is 712 g/mol. The molecule has 55 heavy (non-hydrogen) atoms. The molecule has 298 valence electrons. The van der Waals surface area contributed by atoms with Gasteiger partial charge in [-0.2, -0.15) is 0 Å². The van der Waals surface area contributed by atoms with Crippen LogP contribution in [0.4, 0.5) is 0 Å². The number of fused-ring (bicyclic) bond motifs is 5. The van der Waals surface area contributed by atoms with Gasteiger partial charge >= 0.3 is 0 Å². The number of aliphatic hydroxyl groups excluding tert-OH is 4. The average Bonchev–Trinajstić information content (AvgIpc) is 3.31. The quantitative estimate of drug-likeness (QED) is 0.0892. The van der Waals surface area contributed by atoms with E-state index >= 15 is 0 Å². The van der Waals surface area contributed by atoms with Crippen LogP contribution in [0.1, 0.15) is 88.0 Å². The van der Waals surface area contributed by atoms with E-state index < -0.39 is 120 Å². The number of allylic oxidation sites excluding steroid dienone is 8. The minimum absolute atomic E-state index is 0.0284. The number of aliphatic hydroxyl groups is 7. The Hall–Kier alpha value is -4.43. The van der Waals surface area contributed by atoms with Crippen LogP contribution in [-0.2, 0) is 28.7 Å². The predicted octanol–water partition coefficient (Wildman–Crippen LogP) is 4.90. The number of ketones is 5. The zero-order chi connectivity index (χ0) is 41.6. The van der Waals surface area contributed by atoms with Crippen LogP contribution in [0.2, 0.25) is 0 Å². The molecule has 0 aromatic rings. The van der Waals surface area contributed by atoms with Gasteiger partial charge in [0.1, 0.15) is 39.8 Å². The van der Waals surface area contributed by atoms with Crippen molar-refractivity contribution in [3.05, 3.63) is 81.8 Å². The SMILES string of the molecule is C/C=C/CCC(=O)C1=C(O)[C@]2(C)[C@@H]3/C(=C(O)\C=C\[C@H]4[C@H](C)[C@H]5C(C(=O)CC/C=C/C)=C(O)[C@@]4(C)C(=O)[C@]5(C)O)C(O)=C(C)C(=O)[C@]3(C)O[C@]2(O)[C@](C)(O)C1=O. The molecule has 13 nitrogen and oxygen atoms in total. The molecule has 1 aliphatic heterocycles. The third kappa shape index (κ3) is 5.22. The number of carbonyl (C=O) groups excluding carboxylic acids is 5. The fourth-order valence-corrected chi connectivity index (χ4v) is 10.3. The second kappa shape index (κ2) is 13.4. The van der Waals surface area contributed by atoms with Crippen molar-refractivity contribution in [1.29, 1.82) is 0 Å². The van der Waals surface area contributed by atoms with Gasteiger partial charge in [-0.05, 0) is 80.2 Å². The van der Waals surface area contributed by atoms with Crippen molar-refractivity contribution < 1.29 is 64.5 Å². The number of carbonyl (C=O) groups is 5. The lowest BCUT2D eigenvalue weighted by atomic mass is 9.46. The molecule has 7 N–H and O–H groups in total. The van der Waals surface area contributed by atoms with Crippen LogP contribution < -0.4 is 0 Å². The predicted molar refractivity (Wildman–Crippen MR) is 198 cm³/mol. The highest BCUT2D eigenvalue weighted by Gasteiger charge is 2.82. The van der Waals surface area contributed by atoms with Crippen molar-refractivity contribution in [3.8, 4) is 0 Å². The van der Waals surface area contributed by atoms with Crippen LogP contribution in [0.3, 0.4) is 0 Å². The van der Waals surface area contributed by atoms with Crippen LogP contribution in [-0.4, -0.2) is 87.3 Å². The lowest BCUT2D eigenvalue weighted by molar-refractivity contribution is -0.317. The lowest BCUT2D eigenvalue weighted by Gasteiger charge is -2.57. The minimum Gasteiger partial charge on any atom is -0.511 e. The van der Waals surface area contributed by atoms with E-state index in [1.165, 1.54) is 33.8 Å². The summed E-state index contributed by atoms with van der Waals surface area (Å²) in [5, 5.41) is 82.5. The molecule has 1 heterocycles. The van der Waals surface area contributed by atoms with E-state index in [0.717, 1.165) is 19.9 Å². The normalized spacial score (nSPS) is 41.3. The standard InChI is InChI=1S/C42H52O13/c1-10-12-14-16-23(43)26-29-20(3)22(37(5,33(26)48)36(51)39(29,7)52)18-19-25(45)27-30(46)21(4)32(47)40(8)31(27)38(6)34(49)28(24(44)17-15-13-11-2)35(50)41(9,53)42(38,54)55-40/h10-13,18-20,22,29,31,45-46,48-49,52-54H,14-17H2,1-9H3/b12-10+,13-11+,19-18+,27-25+/t20-,22-,29-,31-,37-,38-,39+,40+,41+,42-/m0/s1. The maximum Gasteiger partial charge on any atom is 0.216 e. The molecule has 5 aliphatic carbocycles. The van der Waals surface area contributed by atoms with Gasteiger partial charge in [0.2, 0.25) is 11.6 Å². The molecular formula is C42H52O13. The highest BCUT2D eigenvalue weighted by atomic mass is 16.7. The maximum atomic E-state index is 14.0. The molecule has 0 unspecified atom stereocenters. The first-order valence-corrected chi connectivity index (χ1v) is 18.5. The van der Waals surface area contributed by atoms with Crippen molar-refractivity contribution in [3.63, 3.8) is 0 Å². The number of Topliss-reactive ketones (excluding diaryl/α,β-unsaturated/α-hetero) is 5. The molecule has 1 saturated heterocycles. The van der Waals surface area contributed by atoms with Crippen molar-refractivity contribution in [1.82, 2.24) is 0 Å². The number of rotatable bonds is 10. The number of hydrogen-bond donors (Lipinski definition) is 7. The summed E-state index contributed by atoms with van der Waals surface area (Å²) in [4.78, 5) is 68.5. The first-order chi connectivity index (χ1) is 25.3. The van der Waals surface area contributed by atoms with E-state index in [1.807, 2.05) is 0 Å². The van der Waals surface area contributed by atoms with Gasteiger partial charge in [0.05, 0.1) is 10.8 Å². The Labute approximate surface area is 319 Å². The molecule has 1 saturated carbocycles. The van der Waals surface area contributed by atoms with Crippen LogP contribution in [0.5, 0.6) is 0 Å². The Balaban J connectivity index is 1.72. The van der Waals surface area contributed by atoms with E-state index in [9.17, 15) is 59.7 Å². The molecule has 0 aromatic heterocycles. The number of hydrogen-bond acceptors (Lipinski definition) is 13. The van der Waals surface area contributed by atoms with Crippen LogP contribution in [0.25, 0.3) is 0 Å². The first-order valence-electron chi connectivity index (χ1n) is 18.5. The van der Waals surface area contributed by atoms with Crippen LogP contribution in [0.15, 0.2) is 81.8 Å². The van der Waals surface area contributed by atoms with Gasteiger partial charge < -0.3 is 40.5 Å². The molecule has 10 atom stereocenters. The van der Waals surface area contributed by atoms with Crippen molar-refractivity contribution >= 4 is 28.9 Å². The third-order valence-electron chi connectivity index (χ3n) is 13.2. The zero-order valence-electron chi connectivity index (χ0n) is 32.7. The Morgan fingerprint density at radius 2 is 1.38 bits per heavy atom. The summed E-state index contributed by atoms with van der Waals surface area (Å²) in [7, 11) is 0. The van der Waals surface area contributed by atoms with E-state index in [0.29, 0.717) is 6.42 Å². The Kier molecular flexibility index (Phi) is 10.1. The third-order valence-corrected chi connectivity index (χ3v) is 13.2. The molecule has 2 bridgehead atoms. The van der Waals surface area contributed by atoms with Gasteiger partial charge in [0.15, 0.2) is 28.7 Å². The van der Waals surface area contributed by atoms with Crippen LogP contribution >= 0.6 is 0 Å². The molecule has 0 spiro atoms. The summed E-state index contributed by atoms with van der Waals surface area (Å²) in [5.41, 5.74) is -13.2.